The first-order valence-corrected chi connectivity index (χ1v) is 11.5. The van der Waals surface area contributed by atoms with Gasteiger partial charge in [0.2, 0.25) is 0 Å². The van der Waals surface area contributed by atoms with Crippen molar-refractivity contribution >= 4 is 11.9 Å². The maximum Gasteiger partial charge on any atom is 0.410 e. The SMILES string of the molecule is CC(=O)C[C@H]1[C@@H](N(Cc2ccccc2)Cc2ccccc2)CCCN1C(=O)OC(C)(C)C. The molecule has 32 heavy (non-hydrogen) atoms. The number of carbonyl (C=O) groups is 2. The molecule has 1 fully saturated rings. The molecule has 0 radical (unpaired) electrons. The monoisotopic (exact) mass is 436 g/mol. The Morgan fingerprint density at radius 1 is 0.969 bits per heavy atom. The second-order valence-electron chi connectivity index (χ2n) is 9.73. The maximum absolute atomic E-state index is 13.1. The number of benzene rings is 2. The zero-order chi connectivity index (χ0) is 23.1. The molecule has 0 saturated carbocycles. The molecule has 0 spiro atoms. The number of carbonyl (C=O) groups excluding carboxylic acids is 2. The zero-order valence-electron chi connectivity index (χ0n) is 19.8. The van der Waals surface area contributed by atoms with Gasteiger partial charge in [0.1, 0.15) is 11.4 Å². The Balaban J connectivity index is 1.91. The summed E-state index contributed by atoms with van der Waals surface area (Å²) in [5.41, 5.74) is 1.87. The van der Waals surface area contributed by atoms with Crippen LogP contribution in [0.2, 0.25) is 0 Å². The van der Waals surface area contributed by atoms with Crippen molar-refractivity contribution in [3.63, 3.8) is 0 Å². The average molecular weight is 437 g/mol. The predicted molar refractivity (Wildman–Crippen MR) is 127 cm³/mol. The van der Waals surface area contributed by atoms with E-state index < -0.39 is 5.60 Å². The van der Waals surface area contributed by atoms with Crippen LogP contribution in [0.5, 0.6) is 0 Å². The number of piperidine rings is 1. The van der Waals surface area contributed by atoms with Crippen molar-refractivity contribution in [3.05, 3.63) is 71.8 Å². The second kappa shape index (κ2) is 10.8. The van der Waals surface area contributed by atoms with E-state index in [-0.39, 0.29) is 24.0 Å². The summed E-state index contributed by atoms with van der Waals surface area (Å²) in [7, 11) is 0. The highest BCUT2D eigenvalue weighted by atomic mass is 16.6. The van der Waals surface area contributed by atoms with Gasteiger partial charge in [-0.1, -0.05) is 60.7 Å². The van der Waals surface area contributed by atoms with Crippen LogP contribution >= 0.6 is 0 Å². The fourth-order valence-corrected chi connectivity index (χ4v) is 4.48. The molecule has 0 aliphatic carbocycles. The van der Waals surface area contributed by atoms with Crippen LogP contribution in [0.4, 0.5) is 4.79 Å². The van der Waals surface area contributed by atoms with Gasteiger partial charge in [0.05, 0.1) is 6.04 Å². The maximum atomic E-state index is 13.1. The minimum absolute atomic E-state index is 0.0700. The molecule has 1 heterocycles. The lowest BCUT2D eigenvalue weighted by Gasteiger charge is -2.46. The van der Waals surface area contributed by atoms with Gasteiger partial charge >= 0.3 is 6.09 Å². The molecular formula is C27H36N2O3. The molecular weight excluding hydrogens is 400 g/mol. The van der Waals surface area contributed by atoms with Gasteiger partial charge in [0.25, 0.3) is 0 Å². The number of nitrogens with zero attached hydrogens (tertiary/aromatic N) is 2. The van der Waals surface area contributed by atoms with E-state index in [1.807, 2.05) is 32.9 Å². The van der Waals surface area contributed by atoms with Gasteiger partial charge in [0, 0.05) is 32.1 Å². The highest BCUT2D eigenvalue weighted by Gasteiger charge is 2.39. The third kappa shape index (κ3) is 6.92. The molecule has 2 aromatic rings. The molecule has 1 saturated heterocycles. The van der Waals surface area contributed by atoms with E-state index in [0.717, 1.165) is 25.9 Å². The molecule has 0 N–H and O–H groups in total. The van der Waals surface area contributed by atoms with Crippen molar-refractivity contribution in [2.24, 2.45) is 0 Å². The molecule has 3 rings (SSSR count). The van der Waals surface area contributed by atoms with Crippen molar-refractivity contribution in [2.45, 2.75) is 77.7 Å². The lowest BCUT2D eigenvalue weighted by molar-refractivity contribution is -0.119. The van der Waals surface area contributed by atoms with Crippen LogP contribution in [0.25, 0.3) is 0 Å². The second-order valence-corrected chi connectivity index (χ2v) is 9.73. The topological polar surface area (TPSA) is 49.9 Å². The van der Waals surface area contributed by atoms with Gasteiger partial charge in [-0.3, -0.25) is 9.69 Å². The fraction of sp³-hybridized carbons (Fsp3) is 0.481. The summed E-state index contributed by atoms with van der Waals surface area (Å²) in [5, 5.41) is 0. The Kier molecular flexibility index (Phi) is 8.08. The number of amides is 1. The molecule has 0 aromatic heterocycles. The Bertz CT molecular complexity index is 835. The Morgan fingerprint density at radius 3 is 1.97 bits per heavy atom. The molecule has 2 aromatic carbocycles. The number of hydrogen-bond donors (Lipinski definition) is 0. The number of ether oxygens (including phenoxy) is 1. The molecule has 1 aliphatic rings. The van der Waals surface area contributed by atoms with Crippen LogP contribution < -0.4 is 0 Å². The van der Waals surface area contributed by atoms with E-state index in [1.54, 1.807) is 11.8 Å². The largest absolute Gasteiger partial charge is 0.444 e. The third-order valence-electron chi connectivity index (χ3n) is 5.79. The van der Waals surface area contributed by atoms with Crippen molar-refractivity contribution in [3.8, 4) is 0 Å². The van der Waals surface area contributed by atoms with E-state index in [4.69, 9.17) is 4.74 Å². The lowest BCUT2D eigenvalue weighted by atomic mass is 9.90. The highest BCUT2D eigenvalue weighted by molar-refractivity contribution is 5.77. The van der Waals surface area contributed by atoms with E-state index in [9.17, 15) is 9.59 Å². The van der Waals surface area contributed by atoms with Gasteiger partial charge in [-0.15, -0.1) is 0 Å². The van der Waals surface area contributed by atoms with Crippen LogP contribution in [0.15, 0.2) is 60.7 Å². The van der Waals surface area contributed by atoms with Gasteiger partial charge in [-0.25, -0.2) is 4.79 Å². The summed E-state index contributed by atoms with van der Waals surface area (Å²) in [5.74, 6) is 0.0924. The minimum atomic E-state index is -0.571. The van der Waals surface area contributed by atoms with E-state index in [2.05, 4.69) is 53.4 Å². The number of rotatable bonds is 7. The van der Waals surface area contributed by atoms with Crippen molar-refractivity contribution in [1.82, 2.24) is 9.80 Å². The van der Waals surface area contributed by atoms with E-state index >= 15 is 0 Å². The first-order valence-electron chi connectivity index (χ1n) is 11.5. The van der Waals surface area contributed by atoms with Crippen molar-refractivity contribution < 1.29 is 14.3 Å². The standard InChI is InChI=1S/C27H36N2O3/c1-21(30)18-25-24(16-11-17-29(25)26(31)32-27(2,3)4)28(19-22-12-7-5-8-13-22)20-23-14-9-6-10-15-23/h5-10,12-15,24-25H,11,16-20H2,1-4H3/t24-,25-/m0/s1. The average Bonchev–Trinajstić information content (AvgIpc) is 2.73. The highest BCUT2D eigenvalue weighted by Crippen LogP contribution is 2.29. The fourth-order valence-electron chi connectivity index (χ4n) is 4.48. The summed E-state index contributed by atoms with van der Waals surface area (Å²) in [6.07, 6.45) is 1.84. The molecule has 1 aliphatic heterocycles. The summed E-state index contributed by atoms with van der Waals surface area (Å²) >= 11 is 0. The van der Waals surface area contributed by atoms with Crippen LogP contribution in [-0.2, 0) is 22.6 Å². The quantitative estimate of drug-likeness (QED) is 0.580. The number of ketones is 1. The first kappa shape index (κ1) is 24.0. The first-order chi connectivity index (χ1) is 15.2. The number of Topliss-reactive ketones (excluding diaryl/α,β-unsaturated/α-hetero) is 1. The van der Waals surface area contributed by atoms with Gasteiger partial charge in [0.15, 0.2) is 0 Å². The lowest BCUT2D eigenvalue weighted by Crippen LogP contribution is -2.58. The summed E-state index contributed by atoms with van der Waals surface area (Å²) in [6.45, 7) is 9.38. The van der Waals surface area contributed by atoms with Gasteiger partial charge in [-0.2, -0.15) is 0 Å². The summed E-state index contributed by atoms with van der Waals surface area (Å²) in [4.78, 5) is 29.5. The number of hydrogen-bond acceptors (Lipinski definition) is 4. The molecule has 1 amide bonds. The Hall–Kier alpha value is -2.66. The van der Waals surface area contributed by atoms with Gasteiger partial charge < -0.3 is 9.64 Å². The Labute approximate surface area is 192 Å². The van der Waals surface area contributed by atoms with Crippen LogP contribution in [0.3, 0.4) is 0 Å². The van der Waals surface area contributed by atoms with Crippen molar-refractivity contribution in [2.75, 3.05) is 6.54 Å². The zero-order valence-corrected chi connectivity index (χ0v) is 19.8. The normalized spacial score (nSPS) is 19.1. The molecule has 5 heteroatoms. The van der Waals surface area contributed by atoms with E-state index in [1.165, 1.54) is 11.1 Å². The third-order valence-corrected chi connectivity index (χ3v) is 5.79. The molecule has 0 unspecified atom stereocenters. The summed E-state index contributed by atoms with van der Waals surface area (Å²) in [6, 6.07) is 20.6. The Morgan fingerprint density at radius 2 is 1.50 bits per heavy atom. The molecule has 2 atom stereocenters. The van der Waals surface area contributed by atoms with Crippen LogP contribution in [-0.4, -0.2) is 45.9 Å². The van der Waals surface area contributed by atoms with Gasteiger partial charge in [-0.05, 0) is 51.7 Å². The van der Waals surface area contributed by atoms with E-state index in [0.29, 0.717) is 13.0 Å². The molecule has 172 valence electrons. The number of likely N-dealkylation sites (tertiary alicyclic amines) is 1. The molecule has 0 bridgehead atoms. The molecule has 5 nitrogen and oxygen atoms in total. The predicted octanol–water partition coefficient (Wildman–Crippen LogP) is 5.44. The summed E-state index contributed by atoms with van der Waals surface area (Å²) < 4.78 is 5.71. The van der Waals surface area contributed by atoms with Crippen LogP contribution in [0.1, 0.15) is 58.1 Å². The smallest absolute Gasteiger partial charge is 0.410 e. The van der Waals surface area contributed by atoms with Crippen LogP contribution in [0, 0.1) is 0 Å². The minimum Gasteiger partial charge on any atom is -0.444 e. The van der Waals surface area contributed by atoms with Crippen molar-refractivity contribution in [1.29, 1.82) is 0 Å².